The van der Waals surface area contributed by atoms with Crippen LogP contribution in [0.1, 0.15) is 33.7 Å². The molecule has 0 atom stereocenters. The molecule has 0 aliphatic carbocycles. The highest BCUT2D eigenvalue weighted by Gasteiger charge is 2.30. The van der Waals surface area contributed by atoms with Crippen molar-refractivity contribution in [2.75, 3.05) is 6.54 Å². The number of alkyl halides is 3. The summed E-state index contributed by atoms with van der Waals surface area (Å²) in [5.41, 5.74) is 1.14. The second-order valence-electron chi connectivity index (χ2n) is 5.34. The summed E-state index contributed by atoms with van der Waals surface area (Å²) in [5, 5.41) is 6.93. The van der Waals surface area contributed by atoms with Gasteiger partial charge < -0.3 is 5.32 Å². The van der Waals surface area contributed by atoms with Crippen molar-refractivity contribution in [3.63, 3.8) is 0 Å². The molecular formula is C16H18F3N3O. The fraction of sp³-hybridized carbons (Fsp3) is 0.375. The van der Waals surface area contributed by atoms with Crippen LogP contribution < -0.4 is 5.32 Å². The Morgan fingerprint density at radius 3 is 2.61 bits per heavy atom. The third-order valence-electron chi connectivity index (χ3n) is 3.39. The number of nitrogens with one attached hydrogen (secondary N) is 1. The molecule has 0 fully saturated rings. The molecule has 4 nitrogen and oxygen atoms in total. The smallest absolute Gasteiger partial charge is 0.352 e. The van der Waals surface area contributed by atoms with E-state index < -0.39 is 17.6 Å². The minimum atomic E-state index is -4.45. The van der Waals surface area contributed by atoms with Gasteiger partial charge >= 0.3 is 6.18 Å². The average molecular weight is 325 g/mol. The molecule has 2 rings (SSSR count). The molecule has 1 amide bonds. The highest BCUT2D eigenvalue weighted by molar-refractivity contribution is 5.94. The lowest BCUT2D eigenvalue weighted by atomic mass is 10.1. The van der Waals surface area contributed by atoms with Gasteiger partial charge in [-0.05, 0) is 44.5 Å². The highest BCUT2D eigenvalue weighted by Crippen LogP contribution is 2.29. The summed E-state index contributed by atoms with van der Waals surface area (Å²) < 4.78 is 39.7. The number of rotatable bonds is 5. The van der Waals surface area contributed by atoms with Crippen LogP contribution in [0, 0.1) is 13.8 Å². The molecule has 124 valence electrons. The second kappa shape index (κ2) is 6.85. The minimum Gasteiger partial charge on any atom is -0.352 e. The summed E-state index contributed by atoms with van der Waals surface area (Å²) in [6, 6.07) is 6.36. The van der Waals surface area contributed by atoms with E-state index >= 15 is 0 Å². The summed E-state index contributed by atoms with van der Waals surface area (Å²) in [6.07, 6.45) is -3.81. The molecule has 0 unspecified atom stereocenters. The van der Waals surface area contributed by atoms with Gasteiger partial charge in [-0.3, -0.25) is 9.48 Å². The summed E-state index contributed by atoms with van der Waals surface area (Å²) in [5.74, 6) is -0.510. The van der Waals surface area contributed by atoms with Gasteiger partial charge in [0.25, 0.3) is 5.91 Å². The quantitative estimate of drug-likeness (QED) is 0.857. The zero-order valence-electron chi connectivity index (χ0n) is 12.9. The number of amides is 1. The van der Waals surface area contributed by atoms with Gasteiger partial charge in [0.15, 0.2) is 0 Å². The van der Waals surface area contributed by atoms with Crippen LogP contribution in [-0.4, -0.2) is 22.2 Å². The van der Waals surface area contributed by atoms with E-state index in [0.29, 0.717) is 19.5 Å². The fourth-order valence-electron chi connectivity index (χ4n) is 2.27. The van der Waals surface area contributed by atoms with Crippen LogP contribution in [-0.2, 0) is 12.7 Å². The molecule has 0 saturated carbocycles. The zero-order chi connectivity index (χ0) is 17.0. The first-order valence-electron chi connectivity index (χ1n) is 7.24. The van der Waals surface area contributed by atoms with Crippen molar-refractivity contribution < 1.29 is 18.0 Å². The molecule has 1 aromatic heterocycles. The second-order valence-corrected chi connectivity index (χ2v) is 5.34. The van der Waals surface area contributed by atoms with Crippen LogP contribution in [0.4, 0.5) is 13.2 Å². The Labute approximate surface area is 132 Å². The van der Waals surface area contributed by atoms with Gasteiger partial charge in [0, 0.05) is 24.3 Å². The number of aryl methyl sites for hydroxylation is 3. The van der Waals surface area contributed by atoms with E-state index in [2.05, 4.69) is 10.4 Å². The topological polar surface area (TPSA) is 46.9 Å². The highest BCUT2D eigenvalue weighted by atomic mass is 19.4. The van der Waals surface area contributed by atoms with E-state index in [0.717, 1.165) is 23.5 Å². The predicted octanol–water partition coefficient (Wildman–Crippen LogP) is 3.34. The van der Waals surface area contributed by atoms with Crippen LogP contribution in [0.3, 0.4) is 0 Å². The van der Waals surface area contributed by atoms with Crippen LogP contribution >= 0.6 is 0 Å². The summed E-state index contributed by atoms with van der Waals surface area (Å²) >= 11 is 0. The van der Waals surface area contributed by atoms with Crippen molar-refractivity contribution >= 4 is 5.91 Å². The summed E-state index contributed by atoms with van der Waals surface area (Å²) in [6.45, 7) is 4.86. The molecule has 0 saturated heterocycles. The Kier molecular flexibility index (Phi) is 5.08. The van der Waals surface area contributed by atoms with Crippen LogP contribution in [0.5, 0.6) is 0 Å². The zero-order valence-corrected chi connectivity index (χ0v) is 12.9. The Morgan fingerprint density at radius 2 is 2.00 bits per heavy atom. The Morgan fingerprint density at radius 1 is 1.26 bits per heavy atom. The van der Waals surface area contributed by atoms with E-state index in [4.69, 9.17) is 0 Å². The molecular weight excluding hydrogens is 307 g/mol. The molecule has 0 bridgehead atoms. The SMILES string of the molecule is Cc1cc(C)n(CCCNC(=O)c2cccc(C(F)(F)F)c2)n1. The van der Waals surface area contributed by atoms with E-state index in [-0.39, 0.29) is 5.56 Å². The van der Waals surface area contributed by atoms with Crippen LogP contribution in [0.15, 0.2) is 30.3 Å². The number of carbonyl (C=O) groups is 1. The summed E-state index contributed by atoms with van der Waals surface area (Å²) in [7, 11) is 0. The first-order chi connectivity index (χ1) is 10.8. The third-order valence-corrected chi connectivity index (χ3v) is 3.39. The Balaban J connectivity index is 1.87. The number of benzene rings is 1. The molecule has 0 aliphatic rings. The first kappa shape index (κ1) is 17.1. The van der Waals surface area contributed by atoms with E-state index in [1.165, 1.54) is 12.1 Å². The lowest BCUT2D eigenvalue weighted by molar-refractivity contribution is -0.137. The normalized spacial score (nSPS) is 11.5. The van der Waals surface area contributed by atoms with Gasteiger partial charge in [-0.1, -0.05) is 6.07 Å². The van der Waals surface area contributed by atoms with Crippen molar-refractivity contribution in [2.24, 2.45) is 0 Å². The van der Waals surface area contributed by atoms with Crippen molar-refractivity contribution in [3.05, 3.63) is 52.8 Å². The van der Waals surface area contributed by atoms with Gasteiger partial charge in [-0.15, -0.1) is 0 Å². The van der Waals surface area contributed by atoms with Gasteiger partial charge in [0.05, 0.1) is 11.3 Å². The average Bonchev–Trinajstić information content (AvgIpc) is 2.80. The monoisotopic (exact) mass is 325 g/mol. The molecule has 23 heavy (non-hydrogen) atoms. The largest absolute Gasteiger partial charge is 0.416 e. The van der Waals surface area contributed by atoms with Crippen molar-refractivity contribution in [2.45, 2.75) is 33.0 Å². The van der Waals surface area contributed by atoms with Crippen molar-refractivity contribution in [1.29, 1.82) is 0 Å². The molecule has 1 N–H and O–H groups in total. The van der Waals surface area contributed by atoms with E-state index in [1.54, 1.807) is 0 Å². The van der Waals surface area contributed by atoms with Gasteiger partial charge in [-0.25, -0.2) is 0 Å². The van der Waals surface area contributed by atoms with Crippen LogP contribution in [0.2, 0.25) is 0 Å². The number of halogens is 3. The van der Waals surface area contributed by atoms with E-state index in [1.807, 2.05) is 24.6 Å². The van der Waals surface area contributed by atoms with Crippen LogP contribution in [0.25, 0.3) is 0 Å². The molecule has 0 spiro atoms. The molecule has 0 aliphatic heterocycles. The number of hydrogen-bond acceptors (Lipinski definition) is 2. The van der Waals surface area contributed by atoms with Crippen molar-refractivity contribution in [3.8, 4) is 0 Å². The summed E-state index contributed by atoms with van der Waals surface area (Å²) in [4.78, 5) is 11.9. The maximum Gasteiger partial charge on any atom is 0.416 e. The number of carbonyl (C=O) groups excluding carboxylic acids is 1. The number of hydrogen-bond donors (Lipinski definition) is 1. The maximum atomic E-state index is 12.6. The van der Waals surface area contributed by atoms with Gasteiger partial charge in [0.2, 0.25) is 0 Å². The van der Waals surface area contributed by atoms with E-state index in [9.17, 15) is 18.0 Å². The molecule has 2 aromatic rings. The molecule has 1 heterocycles. The Hall–Kier alpha value is -2.31. The fourth-order valence-corrected chi connectivity index (χ4v) is 2.27. The lowest BCUT2D eigenvalue weighted by Crippen LogP contribution is -2.25. The molecule has 7 heteroatoms. The Bertz CT molecular complexity index is 692. The predicted molar refractivity (Wildman–Crippen MR) is 80.1 cm³/mol. The third kappa shape index (κ3) is 4.58. The molecule has 1 aromatic carbocycles. The van der Waals surface area contributed by atoms with Gasteiger partial charge in [0.1, 0.15) is 0 Å². The van der Waals surface area contributed by atoms with Gasteiger partial charge in [-0.2, -0.15) is 18.3 Å². The number of aromatic nitrogens is 2. The lowest BCUT2D eigenvalue weighted by Gasteiger charge is -2.09. The maximum absolute atomic E-state index is 12.6. The number of nitrogens with zero attached hydrogens (tertiary/aromatic N) is 2. The molecule has 0 radical (unpaired) electrons. The van der Waals surface area contributed by atoms with Crippen molar-refractivity contribution in [1.82, 2.24) is 15.1 Å². The standard InChI is InChI=1S/C16H18F3N3O/c1-11-9-12(2)22(21-11)8-4-7-20-15(23)13-5-3-6-14(10-13)16(17,18)19/h3,5-6,9-10H,4,7-8H2,1-2H3,(H,20,23). The minimum absolute atomic E-state index is 0.00550. The first-order valence-corrected chi connectivity index (χ1v) is 7.24.